The van der Waals surface area contributed by atoms with E-state index in [0.29, 0.717) is 23.8 Å². The zero-order valence-electron chi connectivity index (χ0n) is 19.6. The Balaban J connectivity index is 1.39. The van der Waals surface area contributed by atoms with Gasteiger partial charge in [-0.25, -0.2) is 9.97 Å². The SMILES string of the molecule is CC(C)(C)c1ccc2c(c1)N(CC(=O)N1CCC[C@H]1c1cncc(-n3ccnc3)n1)C(=O)CO2. The number of likely N-dealkylation sites (tertiary alicyclic amines) is 1. The van der Waals surface area contributed by atoms with Gasteiger partial charge in [0.25, 0.3) is 5.91 Å². The third-order valence-electron chi connectivity index (χ3n) is 6.39. The third kappa shape index (κ3) is 4.13. The molecule has 9 heteroatoms. The number of aromatic nitrogens is 4. The number of nitrogens with zero attached hydrogens (tertiary/aromatic N) is 6. The molecule has 2 aromatic heterocycles. The molecule has 2 amide bonds. The molecule has 9 nitrogen and oxygen atoms in total. The van der Waals surface area contributed by atoms with Crippen molar-refractivity contribution in [2.45, 2.75) is 45.1 Å². The van der Waals surface area contributed by atoms with Gasteiger partial charge in [0.2, 0.25) is 5.91 Å². The Morgan fingerprint density at radius 1 is 1.21 bits per heavy atom. The maximum Gasteiger partial charge on any atom is 0.265 e. The molecule has 4 heterocycles. The van der Waals surface area contributed by atoms with Crippen LogP contribution in [-0.2, 0) is 15.0 Å². The number of hydrogen-bond acceptors (Lipinski definition) is 6. The number of fused-ring (bicyclic) bond motifs is 1. The van der Waals surface area contributed by atoms with Crippen molar-refractivity contribution in [3.8, 4) is 11.6 Å². The largest absolute Gasteiger partial charge is 0.482 e. The van der Waals surface area contributed by atoms with Crippen molar-refractivity contribution in [3.63, 3.8) is 0 Å². The van der Waals surface area contributed by atoms with Crippen LogP contribution in [0, 0.1) is 0 Å². The lowest BCUT2D eigenvalue weighted by atomic mass is 9.86. The van der Waals surface area contributed by atoms with Crippen LogP contribution in [0.3, 0.4) is 0 Å². The van der Waals surface area contributed by atoms with E-state index in [1.807, 2.05) is 23.1 Å². The fraction of sp³-hybridized carbons (Fsp3) is 0.400. The van der Waals surface area contributed by atoms with E-state index in [2.05, 4.69) is 30.7 Å². The highest BCUT2D eigenvalue weighted by atomic mass is 16.5. The number of amides is 2. The summed E-state index contributed by atoms with van der Waals surface area (Å²) in [4.78, 5) is 42.8. The molecule has 0 saturated carbocycles. The highest BCUT2D eigenvalue weighted by Gasteiger charge is 2.35. The summed E-state index contributed by atoms with van der Waals surface area (Å²) in [5, 5.41) is 0. The lowest BCUT2D eigenvalue weighted by Gasteiger charge is -2.33. The standard InChI is InChI=1S/C25H28N6O3/c1-25(2,3)17-6-7-21-20(11-17)31(24(33)15-34-21)14-23(32)30-9-4-5-19(30)18-12-27-13-22(28-18)29-10-8-26-16-29/h6-8,10-13,16,19H,4-5,9,14-15H2,1-3H3/t19-/m0/s1. The van der Waals surface area contributed by atoms with Crippen molar-refractivity contribution in [1.82, 2.24) is 24.4 Å². The van der Waals surface area contributed by atoms with E-state index in [1.54, 1.807) is 40.6 Å². The van der Waals surface area contributed by atoms with Crippen molar-refractivity contribution in [2.75, 3.05) is 24.6 Å². The first-order chi connectivity index (χ1) is 16.3. The minimum Gasteiger partial charge on any atom is -0.482 e. The smallest absolute Gasteiger partial charge is 0.265 e. The number of hydrogen-bond donors (Lipinski definition) is 0. The Bertz CT molecular complexity index is 1220. The summed E-state index contributed by atoms with van der Waals surface area (Å²) in [6.45, 7) is 6.86. The van der Waals surface area contributed by atoms with E-state index in [9.17, 15) is 9.59 Å². The van der Waals surface area contributed by atoms with Gasteiger partial charge < -0.3 is 9.64 Å². The summed E-state index contributed by atoms with van der Waals surface area (Å²) in [6.07, 6.45) is 10.2. The molecular weight excluding hydrogens is 432 g/mol. The van der Waals surface area contributed by atoms with E-state index in [4.69, 9.17) is 9.72 Å². The van der Waals surface area contributed by atoms with Gasteiger partial charge in [0.05, 0.1) is 29.8 Å². The Kier molecular flexibility index (Phi) is 5.55. The number of carbonyl (C=O) groups is 2. The summed E-state index contributed by atoms with van der Waals surface area (Å²) in [7, 11) is 0. The molecule has 0 bridgehead atoms. The minimum absolute atomic E-state index is 0.0338. The topological polar surface area (TPSA) is 93.5 Å². The van der Waals surface area contributed by atoms with Gasteiger partial charge in [-0.2, -0.15) is 0 Å². The van der Waals surface area contributed by atoms with Gasteiger partial charge in [-0.05, 0) is 36.0 Å². The van der Waals surface area contributed by atoms with Gasteiger partial charge in [-0.3, -0.25) is 24.0 Å². The highest BCUT2D eigenvalue weighted by Crippen LogP contribution is 2.37. The number of benzene rings is 1. The summed E-state index contributed by atoms with van der Waals surface area (Å²) in [6, 6.07) is 5.67. The monoisotopic (exact) mass is 460 g/mol. The Hall–Kier alpha value is -3.75. The molecule has 34 heavy (non-hydrogen) atoms. The summed E-state index contributed by atoms with van der Waals surface area (Å²) in [5.74, 6) is 0.947. The molecule has 176 valence electrons. The highest BCUT2D eigenvalue weighted by molar-refractivity contribution is 6.02. The average Bonchev–Trinajstić information content (AvgIpc) is 3.53. The molecule has 0 spiro atoms. The van der Waals surface area contributed by atoms with E-state index >= 15 is 0 Å². The number of anilines is 1. The molecule has 1 saturated heterocycles. The van der Waals surface area contributed by atoms with Gasteiger partial charge in [0.1, 0.15) is 18.6 Å². The summed E-state index contributed by atoms with van der Waals surface area (Å²) >= 11 is 0. The van der Waals surface area contributed by atoms with Crippen LogP contribution in [-0.4, -0.2) is 55.9 Å². The zero-order valence-corrected chi connectivity index (χ0v) is 19.6. The Morgan fingerprint density at radius 3 is 2.82 bits per heavy atom. The normalized spacial score (nSPS) is 18.1. The fourth-order valence-corrected chi connectivity index (χ4v) is 4.49. The molecule has 3 aromatic rings. The molecule has 1 fully saturated rings. The Labute approximate surface area is 198 Å². The average molecular weight is 461 g/mol. The van der Waals surface area contributed by atoms with Crippen LogP contribution in [0.4, 0.5) is 5.69 Å². The second-order valence-corrected chi connectivity index (χ2v) is 9.72. The maximum absolute atomic E-state index is 13.5. The van der Waals surface area contributed by atoms with E-state index < -0.39 is 0 Å². The second kappa shape index (κ2) is 8.55. The lowest BCUT2D eigenvalue weighted by molar-refractivity contribution is -0.132. The van der Waals surface area contributed by atoms with Crippen LogP contribution in [0.2, 0.25) is 0 Å². The molecule has 2 aliphatic heterocycles. The van der Waals surface area contributed by atoms with Crippen LogP contribution < -0.4 is 9.64 Å². The van der Waals surface area contributed by atoms with Crippen LogP contribution in [0.25, 0.3) is 5.82 Å². The lowest BCUT2D eigenvalue weighted by Crippen LogP contribution is -2.46. The van der Waals surface area contributed by atoms with Gasteiger partial charge in [0.15, 0.2) is 12.4 Å². The van der Waals surface area contributed by atoms with Crippen LogP contribution in [0.1, 0.15) is 50.9 Å². The predicted octanol–water partition coefficient (Wildman–Crippen LogP) is 3.05. The van der Waals surface area contributed by atoms with E-state index in [0.717, 1.165) is 24.1 Å². The van der Waals surface area contributed by atoms with Gasteiger partial charge in [0, 0.05) is 18.9 Å². The Morgan fingerprint density at radius 2 is 2.06 bits per heavy atom. The van der Waals surface area contributed by atoms with Crippen LogP contribution in [0.15, 0.2) is 49.3 Å². The first-order valence-corrected chi connectivity index (χ1v) is 11.5. The number of carbonyl (C=O) groups excluding carboxylic acids is 2. The third-order valence-corrected chi connectivity index (χ3v) is 6.39. The molecule has 0 unspecified atom stereocenters. The van der Waals surface area contributed by atoms with Gasteiger partial charge in [-0.1, -0.05) is 26.8 Å². The molecule has 1 atom stereocenters. The first-order valence-electron chi connectivity index (χ1n) is 11.5. The van der Waals surface area contributed by atoms with E-state index in [-0.39, 0.29) is 36.4 Å². The zero-order chi connectivity index (χ0) is 23.9. The molecule has 0 aliphatic carbocycles. The minimum atomic E-state index is -0.218. The number of rotatable bonds is 4. The van der Waals surface area contributed by atoms with Crippen molar-refractivity contribution in [2.24, 2.45) is 0 Å². The first kappa shape index (κ1) is 22.1. The molecular formula is C25H28N6O3. The van der Waals surface area contributed by atoms with Crippen molar-refractivity contribution in [3.05, 3.63) is 60.6 Å². The van der Waals surface area contributed by atoms with Crippen molar-refractivity contribution < 1.29 is 14.3 Å². The molecule has 0 radical (unpaired) electrons. The summed E-state index contributed by atoms with van der Waals surface area (Å²) < 4.78 is 7.42. The number of imidazole rings is 1. The summed E-state index contributed by atoms with van der Waals surface area (Å²) in [5.41, 5.74) is 2.37. The van der Waals surface area contributed by atoms with Crippen molar-refractivity contribution in [1.29, 1.82) is 0 Å². The molecule has 5 rings (SSSR count). The van der Waals surface area contributed by atoms with E-state index in [1.165, 1.54) is 0 Å². The van der Waals surface area contributed by atoms with Crippen LogP contribution >= 0.6 is 0 Å². The van der Waals surface area contributed by atoms with Gasteiger partial charge in [-0.15, -0.1) is 0 Å². The molecule has 2 aliphatic rings. The molecule has 0 N–H and O–H groups in total. The fourth-order valence-electron chi connectivity index (χ4n) is 4.49. The molecule has 1 aromatic carbocycles. The quantitative estimate of drug-likeness (QED) is 0.594. The predicted molar refractivity (Wildman–Crippen MR) is 126 cm³/mol. The second-order valence-electron chi connectivity index (χ2n) is 9.72. The van der Waals surface area contributed by atoms with Gasteiger partial charge >= 0.3 is 0 Å². The maximum atomic E-state index is 13.5. The van der Waals surface area contributed by atoms with Crippen LogP contribution in [0.5, 0.6) is 5.75 Å². The van der Waals surface area contributed by atoms with Crippen molar-refractivity contribution >= 4 is 17.5 Å². The number of ether oxygens (including phenoxy) is 1.